The van der Waals surface area contributed by atoms with E-state index in [0.717, 1.165) is 28.0 Å². The number of hydrogen-bond acceptors (Lipinski definition) is 3. The Morgan fingerprint density at radius 3 is 3.00 bits per heavy atom. The summed E-state index contributed by atoms with van der Waals surface area (Å²) >= 11 is 5.08. The standard InChI is InChI=1S/C13H19BrN2OS/c1-9(11-5-6-12(14)18-11)13(17)16-7-3-2-4-10(16)8-15/h5-6,9-10H,2-4,7-8,15H2,1H3. The number of piperidine rings is 1. The summed E-state index contributed by atoms with van der Waals surface area (Å²) in [4.78, 5) is 15.6. The lowest BCUT2D eigenvalue weighted by atomic mass is 9.99. The average molecular weight is 331 g/mol. The van der Waals surface area contributed by atoms with E-state index in [-0.39, 0.29) is 17.9 Å². The third-order valence-electron chi connectivity index (χ3n) is 3.57. The highest BCUT2D eigenvalue weighted by molar-refractivity contribution is 9.11. The predicted molar refractivity (Wildman–Crippen MR) is 78.8 cm³/mol. The lowest BCUT2D eigenvalue weighted by Gasteiger charge is -2.36. The zero-order chi connectivity index (χ0) is 13.1. The molecule has 1 amide bonds. The molecule has 0 aliphatic carbocycles. The van der Waals surface area contributed by atoms with Gasteiger partial charge in [-0.3, -0.25) is 4.79 Å². The molecule has 1 fully saturated rings. The van der Waals surface area contributed by atoms with Gasteiger partial charge in [-0.2, -0.15) is 0 Å². The highest BCUT2D eigenvalue weighted by Crippen LogP contribution is 2.31. The molecule has 1 aromatic rings. The summed E-state index contributed by atoms with van der Waals surface area (Å²) in [7, 11) is 0. The van der Waals surface area contributed by atoms with Gasteiger partial charge in [0.25, 0.3) is 0 Å². The fraction of sp³-hybridized carbons (Fsp3) is 0.615. The van der Waals surface area contributed by atoms with Gasteiger partial charge in [0.1, 0.15) is 0 Å². The van der Waals surface area contributed by atoms with Crippen LogP contribution in [0, 0.1) is 0 Å². The molecule has 0 saturated carbocycles. The van der Waals surface area contributed by atoms with Crippen LogP contribution in [0.25, 0.3) is 0 Å². The van der Waals surface area contributed by atoms with E-state index in [1.54, 1.807) is 11.3 Å². The van der Waals surface area contributed by atoms with Crippen molar-refractivity contribution in [3.8, 4) is 0 Å². The van der Waals surface area contributed by atoms with E-state index in [4.69, 9.17) is 5.73 Å². The molecular weight excluding hydrogens is 312 g/mol. The Morgan fingerprint density at radius 1 is 1.61 bits per heavy atom. The lowest BCUT2D eigenvalue weighted by molar-refractivity contribution is -0.135. The first-order chi connectivity index (χ1) is 8.63. The van der Waals surface area contributed by atoms with E-state index in [2.05, 4.69) is 15.9 Å². The van der Waals surface area contributed by atoms with E-state index >= 15 is 0 Å². The zero-order valence-electron chi connectivity index (χ0n) is 10.6. The van der Waals surface area contributed by atoms with Crippen LogP contribution in [0.15, 0.2) is 15.9 Å². The number of hydrogen-bond donors (Lipinski definition) is 1. The summed E-state index contributed by atoms with van der Waals surface area (Å²) in [5.41, 5.74) is 5.78. The Balaban J connectivity index is 2.09. The minimum Gasteiger partial charge on any atom is -0.338 e. The topological polar surface area (TPSA) is 46.3 Å². The Morgan fingerprint density at radius 2 is 2.39 bits per heavy atom. The fourth-order valence-corrected chi connectivity index (χ4v) is 3.94. The van der Waals surface area contributed by atoms with E-state index in [1.807, 2.05) is 24.0 Å². The molecule has 1 saturated heterocycles. The van der Waals surface area contributed by atoms with Crippen LogP contribution in [0.1, 0.15) is 37.0 Å². The summed E-state index contributed by atoms with van der Waals surface area (Å²) in [6.45, 7) is 3.42. The molecule has 2 unspecified atom stereocenters. The Bertz CT molecular complexity index is 421. The third-order valence-corrected chi connectivity index (χ3v) is 5.38. The van der Waals surface area contributed by atoms with E-state index < -0.39 is 0 Å². The van der Waals surface area contributed by atoms with Crippen LogP contribution >= 0.6 is 27.3 Å². The molecule has 0 bridgehead atoms. The van der Waals surface area contributed by atoms with Crippen molar-refractivity contribution in [3.05, 3.63) is 20.8 Å². The van der Waals surface area contributed by atoms with Crippen molar-refractivity contribution in [2.75, 3.05) is 13.1 Å². The summed E-state index contributed by atoms with van der Waals surface area (Å²) in [5, 5.41) is 0. The Labute approximate surface area is 120 Å². The lowest BCUT2D eigenvalue weighted by Crippen LogP contribution is -2.48. The van der Waals surface area contributed by atoms with Gasteiger partial charge in [0.05, 0.1) is 9.70 Å². The molecule has 0 aromatic carbocycles. The fourth-order valence-electron chi connectivity index (χ4n) is 2.47. The molecule has 1 aliphatic heterocycles. The molecule has 5 heteroatoms. The summed E-state index contributed by atoms with van der Waals surface area (Å²) in [6.07, 6.45) is 3.33. The molecule has 2 N–H and O–H groups in total. The number of carbonyl (C=O) groups excluding carboxylic acids is 1. The van der Waals surface area contributed by atoms with Gasteiger partial charge in [0.2, 0.25) is 5.91 Å². The maximum atomic E-state index is 12.5. The second-order valence-corrected chi connectivity index (χ2v) is 7.28. The molecule has 1 aliphatic rings. The number of likely N-dealkylation sites (tertiary alicyclic amines) is 1. The average Bonchev–Trinajstić information content (AvgIpc) is 2.83. The van der Waals surface area contributed by atoms with E-state index in [1.165, 1.54) is 6.42 Å². The van der Waals surface area contributed by atoms with Crippen LogP contribution in [-0.4, -0.2) is 29.9 Å². The first kappa shape index (κ1) is 14.0. The predicted octanol–water partition coefficient (Wildman–Crippen LogP) is 2.95. The second kappa shape index (κ2) is 6.17. The highest BCUT2D eigenvalue weighted by Gasteiger charge is 2.29. The van der Waals surface area contributed by atoms with E-state index in [9.17, 15) is 4.79 Å². The van der Waals surface area contributed by atoms with Crippen LogP contribution in [-0.2, 0) is 4.79 Å². The quantitative estimate of drug-likeness (QED) is 0.926. The first-order valence-electron chi connectivity index (χ1n) is 6.39. The number of nitrogens with zero attached hydrogens (tertiary/aromatic N) is 1. The number of amides is 1. The number of thiophene rings is 1. The number of halogens is 1. The third kappa shape index (κ3) is 2.95. The zero-order valence-corrected chi connectivity index (χ0v) is 13.0. The largest absolute Gasteiger partial charge is 0.338 e. The molecule has 2 heterocycles. The van der Waals surface area contributed by atoms with Crippen molar-refractivity contribution < 1.29 is 4.79 Å². The maximum Gasteiger partial charge on any atom is 0.230 e. The maximum absolute atomic E-state index is 12.5. The van der Waals surface area contributed by atoms with Crippen LogP contribution in [0.4, 0.5) is 0 Å². The van der Waals surface area contributed by atoms with Crippen molar-refractivity contribution >= 4 is 33.2 Å². The van der Waals surface area contributed by atoms with Crippen LogP contribution in [0.3, 0.4) is 0 Å². The highest BCUT2D eigenvalue weighted by atomic mass is 79.9. The monoisotopic (exact) mass is 330 g/mol. The Kier molecular flexibility index (Phi) is 4.81. The van der Waals surface area contributed by atoms with Gasteiger partial charge in [-0.25, -0.2) is 0 Å². The van der Waals surface area contributed by atoms with Crippen molar-refractivity contribution in [1.82, 2.24) is 4.90 Å². The van der Waals surface area contributed by atoms with Crippen LogP contribution in [0.2, 0.25) is 0 Å². The second-order valence-electron chi connectivity index (χ2n) is 4.78. The van der Waals surface area contributed by atoms with E-state index in [0.29, 0.717) is 6.54 Å². The molecule has 2 atom stereocenters. The van der Waals surface area contributed by atoms with Gasteiger partial charge >= 0.3 is 0 Å². The van der Waals surface area contributed by atoms with Crippen LogP contribution in [0.5, 0.6) is 0 Å². The molecule has 0 radical (unpaired) electrons. The molecule has 2 rings (SSSR count). The van der Waals surface area contributed by atoms with Crippen molar-refractivity contribution in [2.24, 2.45) is 5.73 Å². The normalized spacial score (nSPS) is 21.9. The van der Waals surface area contributed by atoms with Gasteiger partial charge < -0.3 is 10.6 Å². The van der Waals surface area contributed by atoms with Gasteiger partial charge in [0.15, 0.2) is 0 Å². The Hall–Kier alpha value is -0.390. The van der Waals surface area contributed by atoms with Gasteiger partial charge in [0, 0.05) is 24.0 Å². The summed E-state index contributed by atoms with van der Waals surface area (Å²) in [6, 6.07) is 4.26. The first-order valence-corrected chi connectivity index (χ1v) is 8.00. The van der Waals surface area contributed by atoms with Gasteiger partial charge in [-0.15, -0.1) is 11.3 Å². The van der Waals surface area contributed by atoms with Gasteiger partial charge in [-0.05, 0) is 54.2 Å². The summed E-state index contributed by atoms with van der Waals surface area (Å²) in [5.74, 6) is 0.160. The van der Waals surface area contributed by atoms with Crippen molar-refractivity contribution in [1.29, 1.82) is 0 Å². The van der Waals surface area contributed by atoms with Crippen LogP contribution < -0.4 is 5.73 Å². The molecule has 18 heavy (non-hydrogen) atoms. The smallest absolute Gasteiger partial charge is 0.230 e. The van der Waals surface area contributed by atoms with Crippen molar-refractivity contribution in [2.45, 2.75) is 38.1 Å². The number of rotatable bonds is 3. The molecule has 1 aromatic heterocycles. The summed E-state index contributed by atoms with van der Waals surface area (Å²) < 4.78 is 1.08. The molecule has 0 spiro atoms. The molecule has 100 valence electrons. The molecule has 3 nitrogen and oxygen atoms in total. The number of nitrogens with two attached hydrogens (primary N) is 1. The molecular formula is C13H19BrN2OS. The van der Waals surface area contributed by atoms with Gasteiger partial charge in [-0.1, -0.05) is 0 Å². The minimum atomic E-state index is -0.0616. The van der Waals surface area contributed by atoms with Crippen molar-refractivity contribution in [3.63, 3.8) is 0 Å². The number of carbonyl (C=O) groups is 1. The SMILES string of the molecule is CC(C(=O)N1CCCCC1CN)c1ccc(Br)s1. The minimum absolute atomic E-state index is 0.0616.